The lowest BCUT2D eigenvalue weighted by Gasteiger charge is -2.30. The van der Waals surface area contributed by atoms with Crippen molar-refractivity contribution in [2.75, 3.05) is 13.1 Å². The van der Waals surface area contributed by atoms with E-state index in [0.717, 1.165) is 18.4 Å². The molecule has 6 nitrogen and oxygen atoms in total. The van der Waals surface area contributed by atoms with Gasteiger partial charge in [0.05, 0.1) is 6.10 Å². The van der Waals surface area contributed by atoms with Crippen molar-refractivity contribution in [3.63, 3.8) is 0 Å². The number of amides is 1. The number of hydrogen-bond donors (Lipinski definition) is 1. The SMILES string of the molecule is O=C(CCc1nnc(-c2ccc(Cl)cc2)o1)N1CCCC(O)C1. The van der Waals surface area contributed by atoms with E-state index in [1.165, 1.54) is 0 Å². The van der Waals surface area contributed by atoms with E-state index in [4.69, 9.17) is 16.0 Å². The number of aromatic nitrogens is 2. The Morgan fingerprint density at radius 3 is 2.87 bits per heavy atom. The maximum atomic E-state index is 12.1. The predicted octanol–water partition coefficient (Wildman–Crippen LogP) is 2.31. The van der Waals surface area contributed by atoms with Gasteiger partial charge in [-0.2, -0.15) is 0 Å². The van der Waals surface area contributed by atoms with Crippen molar-refractivity contribution in [1.82, 2.24) is 15.1 Å². The Hall–Kier alpha value is -1.92. The second-order valence-corrected chi connectivity index (χ2v) is 6.08. The first-order valence-electron chi connectivity index (χ1n) is 7.66. The molecule has 0 saturated carbocycles. The number of aliphatic hydroxyl groups is 1. The summed E-state index contributed by atoms with van der Waals surface area (Å²) in [7, 11) is 0. The Kier molecular flexibility index (Phi) is 4.93. The zero-order valence-electron chi connectivity index (χ0n) is 12.6. The van der Waals surface area contributed by atoms with E-state index >= 15 is 0 Å². The second-order valence-electron chi connectivity index (χ2n) is 5.64. The fourth-order valence-corrected chi connectivity index (χ4v) is 2.74. The first kappa shape index (κ1) is 16.0. The molecule has 1 unspecified atom stereocenters. The minimum absolute atomic E-state index is 0.00925. The van der Waals surface area contributed by atoms with Crippen LogP contribution in [0.5, 0.6) is 0 Å². The van der Waals surface area contributed by atoms with E-state index in [1.807, 2.05) is 0 Å². The molecule has 2 heterocycles. The van der Waals surface area contributed by atoms with Crippen LogP contribution in [-0.2, 0) is 11.2 Å². The average Bonchev–Trinajstić information content (AvgIpc) is 3.02. The first-order chi connectivity index (χ1) is 11.1. The van der Waals surface area contributed by atoms with Crippen LogP contribution in [0.2, 0.25) is 5.02 Å². The Morgan fingerprint density at radius 2 is 2.13 bits per heavy atom. The molecule has 1 amide bonds. The quantitative estimate of drug-likeness (QED) is 0.927. The molecule has 0 spiro atoms. The van der Waals surface area contributed by atoms with Crippen LogP contribution in [0.1, 0.15) is 25.2 Å². The topological polar surface area (TPSA) is 79.5 Å². The van der Waals surface area contributed by atoms with Gasteiger partial charge in [0, 0.05) is 36.5 Å². The van der Waals surface area contributed by atoms with E-state index in [2.05, 4.69) is 10.2 Å². The smallest absolute Gasteiger partial charge is 0.247 e. The molecule has 1 aliphatic heterocycles. The lowest BCUT2D eigenvalue weighted by atomic mass is 10.1. The molecular formula is C16H18ClN3O3. The second kappa shape index (κ2) is 7.10. The van der Waals surface area contributed by atoms with Crippen LogP contribution in [0.25, 0.3) is 11.5 Å². The third-order valence-electron chi connectivity index (χ3n) is 3.86. The lowest BCUT2D eigenvalue weighted by Crippen LogP contribution is -2.42. The van der Waals surface area contributed by atoms with Gasteiger partial charge < -0.3 is 14.4 Å². The van der Waals surface area contributed by atoms with Crippen LogP contribution in [0.4, 0.5) is 0 Å². The molecule has 2 aromatic rings. The van der Waals surface area contributed by atoms with E-state index < -0.39 is 6.10 Å². The lowest BCUT2D eigenvalue weighted by molar-refractivity contribution is -0.134. The number of nitrogens with zero attached hydrogens (tertiary/aromatic N) is 3. The number of halogens is 1. The van der Waals surface area contributed by atoms with Crippen molar-refractivity contribution < 1.29 is 14.3 Å². The summed E-state index contributed by atoms with van der Waals surface area (Å²) < 4.78 is 5.58. The number of rotatable bonds is 4. The Balaban J connectivity index is 1.56. The third kappa shape index (κ3) is 4.09. The molecule has 1 aromatic heterocycles. The highest BCUT2D eigenvalue weighted by Crippen LogP contribution is 2.21. The van der Waals surface area contributed by atoms with E-state index in [0.29, 0.717) is 42.7 Å². The summed E-state index contributed by atoms with van der Waals surface area (Å²) in [4.78, 5) is 13.8. The molecule has 1 fully saturated rings. The Labute approximate surface area is 139 Å². The number of carbonyl (C=O) groups is 1. The van der Waals surface area contributed by atoms with Crippen molar-refractivity contribution in [3.8, 4) is 11.5 Å². The van der Waals surface area contributed by atoms with Gasteiger partial charge in [0.1, 0.15) is 0 Å². The van der Waals surface area contributed by atoms with Crippen molar-refractivity contribution in [2.45, 2.75) is 31.8 Å². The van der Waals surface area contributed by atoms with E-state index in [9.17, 15) is 9.90 Å². The van der Waals surface area contributed by atoms with Crippen molar-refractivity contribution >= 4 is 17.5 Å². The van der Waals surface area contributed by atoms with Gasteiger partial charge in [-0.1, -0.05) is 11.6 Å². The molecule has 1 saturated heterocycles. The fourth-order valence-electron chi connectivity index (χ4n) is 2.62. The molecule has 1 N–H and O–H groups in total. The Bertz CT molecular complexity index is 671. The number of aryl methyl sites for hydroxylation is 1. The molecule has 1 atom stereocenters. The predicted molar refractivity (Wildman–Crippen MR) is 84.9 cm³/mol. The largest absolute Gasteiger partial charge is 0.421 e. The minimum atomic E-state index is -0.410. The number of benzene rings is 1. The normalized spacial score (nSPS) is 18.2. The zero-order chi connectivity index (χ0) is 16.2. The van der Waals surface area contributed by atoms with Crippen LogP contribution in [0.3, 0.4) is 0 Å². The monoisotopic (exact) mass is 335 g/mol. The number of aliphatic hydroxyl groups excluding tert-OH is 1. The highest BCUT2D eigenvalue weighted by molar-refractivity contribution is 6.30. The summed E-state index contributed by atoms with van der Waals surface area (Å²) in [6, 6.07) is 7.12. The average molecular weight is 336 g/mol. The highest BCUT2D eigenvalue weighted by atomic mass is 35.5. The molecule has 1 aromatic carbocycles. The molecule has 0 bridgehead atoms. The Morgan fingerprint density at radius 1 is 1.35 bits per heavy atom. The summed E-state index contributed by atoms with van der Waals surface area (Å²) in [5.41, 5.74) is 0.790. The number of hydrogen-bond acceptors (Lipinski definition) is 5. The molecule has 23 heavy (non-hydrogen) atoms. The van der Waals surface area contributed by atoms with Crippen LogP contribution >= 0.6 is 11.6 Å². The minimum Gasteiger partial charge on any atom is -0.421 e. The molecule has 122 valence electrons. The number of carbonyl (C=O) groups excluding carboxylic acids is 1. The van der Waals surface area contributed by atoms with Gasteiger partial charge in [-0.15, -0.1) is 10.2 Å². The summed E-state index contributed by atoms with van der Waals surface area (Å²) in [6.45, 7) is 1.12. The molecular weight excluding hydrogens is 318 g/mol. The van der Waals surface area contributed by atoms with E-state index in [-0.39, 0.29) is 5.91 Å². The summed E-state index contributed by atoms with van der Waals surface area (Å²) in [6.07, 6.45) is 1.89. The van der Waals surface area contributed by atoms with Crippen molar-refractivity contribution in [1.29, 1.82) is 0 Å². The standard InChI is InChI=1S/C16H18ClN3O3/c17-12-5-3-11(4-6-12)16-19-18-14(23-16)7-8-15(22)20-9-1-2-13(21)10-20/h3-6,13,21H,1-2,7-10H2. The van der Waals surface area contributed by atoms with Gasteiger partial charge in [0.25, 0.3) is 0 Å². The summed E-state index contributed by atoms with van der Waals surface area (Å²) in [5.74, 6) is 0.855. The van der Waals surface area contributed by atoms with Crippen LogP contribution in [0.15, 0.2) is 28.7 Å². The molecule has 0 aliphatic carbocycles. The van der Waals surface area contributed by atoms with Gasteiger partial charge in [0.15, 0.2) is 0 Å². The molecule has 0 radical (unpaired) electrons. The summed E-state index contributed by atoms with van der Waals surface area (Å²) >= 11 is 5.85. The maximum Gasteiger partial charge on any atom is 0.247 e. The van der Waals surface area contributed by atoms with E-state index in [1.54, 1.807) is 29.2 Å². The third-order valence-corrected chi connectivity index (χ3v) is 4.11. The number of piperidine rings is 1. The molecule has 7 heteroatoms. The molecule has 3 rings (SSSR count). The zero-order valence-corrected chi connectivity index (χ0v) is 13.4. The van der Waals surface area contributed by atoms with Gasteiger partial charge in [-0.3, -0.25) is 4.79 Å². The van der Waals surface area contributed by atoms with Crippen LogP contribution < -0.4 is 0 Å². The van der Waals surface area contributed by atoms with Gasteiger partial charge in [-0.05, 0) is 37.1 Å². The summed E-state index contributed by atoms with van der Waals surface area (Å²) in [5, 5.41) is 18.2. The maximum absolute atomic E-state index is 12.1. The highest BCUT2D eigenvalue weighted by Gasteiger charge is 2.22. The first-order valence-corrected chi connectivity index (χ1v) is 8.04. The van der Waals surface area contributed by atoms with Crippen LogP contribution in [0, 0.1) is 0 Å². The van der Waals surface area contributed by atoms with Crippen LogP contribution in [-0.4, -0.2) is 45.3 Å². The van der Waals surface area contributed by atoms with Crippen molar-refractivity contribution in [3.05, 3.63) is 35.2 Å². The van der Waals surface area contributed by atoms with Crippen molar-refractivity contribution in [2.24, 2.45) is 0 Å². The number of likely N-dealkylation sites (tertiary alicyclic amines) is 1. The fraction of sp³-hybridized carbons (Fsp3) is 0.438. The number of β-amino-alcohol motifs (C(OH)–C–C–N with tert-alkyl or cyclic N) is 1. The molecule has 1 aliphatic rings. The van der Waals surface area contributed by atoms with Gasteiger partial charge in [0.2, 0.25) is 17.7 Å². The van der Waals surface area contributed by atoms with Gasteiger partial charge >= 0.3 is 0 Å². The van der Waals surface area contributed by atoms with Gasteiger partial charge in [-0.25, -0.2) is 0 Å².